The van der Waals surface area contributed by atoms with E-state index in [0.29, 0.717) is 5.75 Å². The van der Waals surface area contributed by atoms with E-state index in [1.165, 1.54) is 24.8 Å². The fourth-order valence-electron chi connectivity index (χ4n) is 3.85. The first-order chi connectivity index (χ1) is 15.3. The number of carbonyl (C=O) groups is 1. The number of phenols is 1. The van der Waals surface area contributed by atoms with Crippen LogP contribution < -0.4 is 14.9 Å². The minimum atomic E-state index is -0.697. The first-order valence-corrected chi connectivity index (χ1v) is 10.4. The Balaban J connectivity index is 1.97. The zero-order valence-electron chi connectivity index (χ0n) is 19.8. The molecule has 9 heteroatoms. The van der Waals surface area contributed by atoms with Crippen LogP contribution in [0.3, 0.4) is 0 Å². The van der Waals surface area contributed by atoms with Gasteiger partial charge in [0.15, 0.2) is 12.4 Å². The smallest absolute Gasteiger partial charge is 0.323 e. The topological polar surface area (TPSA) is 123 Å². The Morgan fingerprint density at radius 1 is 1.15 bits per heavy atom. The Hall–Kier alpha value is -3.62. The van der Waals surface area contributed by atoms with Gasteiger partial charge in [-0.25, -0.2) is 5.43 Å². The summed E-state index contributed by atoms with van der Waals surface area (Å²) in [4.78, 5) is 22.6. The summed E-state index contributed by atoms with van der Waals surface area (Å²) in [7, 11) is 1.21. The molecule has 0 atom stereocenters. The number of hydrogen-bond donors (Lipinski definition) is 2. The number of nitrogens with one attached hydrogen (secondary N) is 1. The maximum absolute atomic E-state index is 12.0. The van der Waals surface area contributed by atoms with Gasteiger partial charge in [-0.05, 0) is 47.1 Å². The molecular formula is C24H31N3O6. The van der Waals surface area contributed by atoms with E-state index in [9.17, 15) is 20.0 Å². The van der Waals surface area contributed by atoms with E-state index < -0.39 is 16.5 Å². The third-order valence-corrected chi connectivity index (χ3v) is 4.90. The lowest BCUT2D eigenvalue weighted by atomic mass is 9.72. The molecule has 0 saturated carbocycles. The number of aromatic hydroxyl groups is 1. The van der Waals surface area contributed by atoms with Gasteiger partial charge in [0.05, 0.1) is 23.8 Å². The van der Waals surface area contributed by atoms with Crippen LogP contribution in [0.2, 0.25) is 0 Å². The molecule has 2 rings (SSSR count). The van der Waals surface area contributed by atoms with E-state index in [1.807, 2.05) is 24.3 Å². The molecule has 0 aliphatic carbocycles. The monoisotopic (exact) mass is 457 g/mol. The van der Waals surface area contributed by atoms with Crippen molar-refractivity contribution in [2.75, 3.05) is 13.7 Å². The SMILES string of the molecule is COc1c(O)ccc(/C=N\NC(=O)COc2ccc(C(C)(C)CC(C)(C)C)cc2)c1[N+](=O)[O-]. The lowest BCUT2D eigenvalue weighted by molar-refractivity contribution is -0.386. The number of ether oxygens (including phenoxy) is 2. The number of rotatable bonds is 9. The average Bonchev–Trinajstić information content (AvgIpc) is 2.71. The largest absolute Gasteiger partial charge is 0.504 e. The third kappa shape index (κ3) is 7.20. The maximum atomic E-state index is 12.0. The lowest BCUT2D eigenvalue weighted by Gasteiger charge is -2.33. The Bertz CT molecular complexity index is 1020. The van der Waals surface area contributed by atoms with Crippen molar-refractivity contribution in [1.29, 1.82) is 0 Å². The Morgan fingerprint density at radius 2 is 1.79 bits per heavy atom. The molecule has 33 heavy (non-hydrogen) atoms. The van der Waals surface area contributed by atoms with Crippen molar-refractivity contribution in [3.05, 3.63) is 57.6 Å². The summed E-state index contributed by atoms with van der Waals surface area (Å²) in [6, 6.07) is 10.2. The van der Waals surface area contributed by atoms with Crippen LogP contribution in [-0.2, 0) is 10.2 Å². The second-order valence-electron chi connectivity index (χ2n) is 9.54. The molecule has 2 N–H and O–H groups in total. The summed E-state index contributed by atoms with van der Waals surface area (Å²) in [6.45, 7) is 10.8. The van der Waals surface area contributed by atoms with E-state index >= 15 is 0 Å². The Morgan fingerprint density at radius 3 is 2.33 bits per heavy atom. The first kappa shape index (κ1) is 25.6. The second-order valence-corrected chi connectivity index (χ2v) is 9.54. The summed E-state index contributed by atoms with van der Waals surface area (Å²) >= 11 is 0. The van der Waals surface area contributed by atoms with Gasteiger partial charge in [-0.15, -0.1) is 0 Å². The normalized spacial score (nSPS) is 11.9. The van der Waals surface area contributed by atoms with Crippen LogP contribution >= 0.6 is 0 Å². The van der Waals surface area contributed by atoms with Crippen LogP contribution in [0.15, 0.2) is 41.5 Å². The van der Waals surface area contributed by atoms with Gasteiger partial charge in [-0.3, -0.25) is 14.9 Å². The second kappa shape index (κ2) is 10.3. The van der Waals surface area contributed by atoms with Crippen molar-refractivity contribution in [3.63, 3.8) is 0 Å². The Labute approximate surface area is 193 Å². The molecule has 9 nitrogen and oxygen atoms in total. The molecular weight excluding hydrogens is 426 g/mol. The molecule has 0 bridgehead atoms. The van der Waals surface area contributed by atoms with Crippen LogP contribution in [0.1, 0.15) is 52.2 Å². The standard InChI is InChI=1S/C24H31N3O6/c1-23(2,3)15-24(4,5)17-8-10-18(11-9-17)33-14-20(29)26-25-13-16-7-12-19(28)22(32-6)21(16)27(30)31/h7-13,28H,14-15H2,1-6H3,(H,26,29)/b25-13-. The van der Waals surface area contributed by atoms with Gasteiger partial charge in [0.25, 0.3) is 5.91 Å². The summed E-state index contributed by atoms with van der Waals surface area (Å²) in [5.41, 5.74) is 3.25. The molecule has 0 radical (unpaired) electrons. The predicted molar refractivity (Wildman–Crippen MR) is 126 cm³/mol. The van der Waals surface area contributed by atoms with E-state index in [0.717, 1.165) is 12.6 Å². The van der Waals surface area contributed by atoms with Crippen molar-refractivity contribution in [2.24, 2.45) is 10.5 Å². The summed E-state index contributed by atoms with van der Waals surface area (Å²) in [6.07, 6.45) is 2.12. The molecule has 0 saturated heterocycles. The number of methoxy groups -OCH3 is 1. The van der Waals surface area contributed by atoms with E-state index in [4.69, 9.17) is 9.47 Å². The quantitative estimate of drug-likeness (QED) is 0.323. The molecule has 0 aliphatic heterocycles. The number of nitrogens with zero attached hydrogens (tertiary/aromatic N) is 2. The van der Waals surface area contributed by atoms with Gasteiger partial charge >= 0.3 is 5.69 Å². The molecule has 0 aliphatic rings. The number of nitro groups is 1. The maximum Gasteiger partial charge on any atom is 0.323 e. The minimum Gasteiger partial charge on any atom is -0.504 e. The van der Waals surface area contributed by atoms with Gasteiger partial charge in [0, 0.05) is 0 Å². The average molecular weight is 458 g/mol. The van der Waals surface area contributed by atoms with Crippen molar-refractivity contribution < 1.29 is 24.3 Å². The number of hydrogen-bond acceptors (Lipinski definition) is 7. The lowest BCUT2D eigenvalue weighted by Crippen LogP contribution is -2.25. The van der Waals surface area contributed by atoms with E-state index in [2.05, 4.69) is 45.1 Å². The van der Waals surface area contributed by atoms with Gasteiger partial charge in [0.1, 0.15) is 5.75 Å². The summed E-state index contributed by atoms with van der Waals surface area (Å²) < 4.78 is 10.4. The highest BCUT2D eigenvalue weighted by molar-refractivity contribution is 5.89. The van der Waals surface area contributed by atoms with Crippen molar-refractivity contribution in [3.8, 4) is 17.2 Å². The third-order valence-electron chi connectivity index (χ3n) is 4.90. The van der Waals surface area contributed by atoms with Crippen molar-refractivity contribution in [1.82, 2.24) is 5.43 Å². The minimum absolute atomic E-state index is 0.00237. The van der Waals surface area contributed by atoms with Crippen LogP contribution in [0.4, 0.5) is 5.69 Å². The van der Waals surface area contributed by atoms with E-state index in [1.54, 1.807) is 0 Å². The fraction of sp³-hybridized carbons (Fsp3) is 0.417. The van der Waals surface area contributed by atoms with Crippen molar-refractivity contribution >= 4 is 17.8 Å². The Kier molecular flexibility index (Phi) is 8.03. The molecule has 0 heterocycles. The highest BCUT2D eigenvalue weighted by Crippen LogP contribution is 2.38. The van der Waals surface area contributed by atoms with Crippen LogP contribution in [0, 0.1) is 15.5 Å². The molecule has 2 aromatic carbocycles. The molecule has 2 aromatic rings. The van der Waals surface area contributed by atoms with Gasteiger partial charge < -0.3 is 14.6 Å². The highest BCUT2D eigenvalue weighted by Gasteiger charge is 2.27. The van der Waals surface area contributed by atoms with Crippen LogP contribution in [-0.4, -0.2) is 35.9 Å². The van der Waals surface area contributed by atoms with Gasteiger partial charge in [-0.1, -0.05) is 46.8 Å². The molecule has 0 aromatic heterocycles. The number of amides is 1. The highest BCUT2D eigenvalue weighted by atomic mass is 16.6. The summed E-state index contributed by atoms with van der Waals surface area (Å²) in [5.74, 6) is -0.639. The van der Waals surface area contributed by atoms with Crippen LogP contribution in [0.5, 0.6) is 17.2 Å². The molecule has 0 unspecified atom stereocenters. The van der Waals surface area contributed by atoms with Crippen molar-refractivity contribution in [2.45, 2.75) is 46.5 Å². The zero-order valence-corrected chi connectivity index (χ0v) is 19.8. The first-order valence-electron chi connectivity index (χ1n) is 10.4. The molecule has 178 valence electrons. The number of nitro benzene ring substituents is 1. The fourth-order valence-corrected chi connectivity index (χ4v) is 3.85. The number of hydrazone groups is 1. The molecule has 1 amide bonds. The van der Waals surface area contributed by atoms with Gasteiger partial charge in [-0.2, -0.15) is 5.10 Å². The van der Waals surface area contributed by atoms with Crippen LogP contribution in [0.25, 0.3) is 0 Å². The summed E-state index contributed by atoms with van der Waals surface area (Å²) in [5, 5.41) is 24.8. The van der Waals surface area contributed by atoms with E-state index in [-0.39, 0.29) is 34.5 Å². The van der Waals surface area contributed by atoms with Gasteiger partial charge in [0.2, 0.25) is 5.75 Å². The molecule has 0 fully saturated rings. The predicted octanol–water partition coefficient (Wildman–Crippen LogP) is 4.55. The number of carbonyl (C=O) groups excluding carboxylic acids is 1. The number of benzene rings is 2. The number of phenolic OH excluding ortho intramolecular Hbond substituents is 1. The molecule has 0 spiro atoms. The zero-order chi connectivity index (χ0) is 24.8.